The van der Waals surface area contributed by atoms with Crippen molar-refractivity contribution in [3.8, 4) is 0 Å². The van der Waals surface area contributed by atoms with Crippen LogP contribution in [0.4, 0.5) is 22.0 Å². The highest BCUT2D eigenvalue weighted by atomic mass is 19.3. The molecule has 2 aromatic carbocycles. The topological polar surface area (TPSA) is 24.1 Å². The molecule has 2 nitrogen and oxygen atoms in total. The molecule has 4 rings (SSSR count). The largest absolute Gasteiger partial charge is 0.312 e. The first kappa shape index (κ1) is 27.6. The first-order chi connectivity index (χ1) is 16.2. The van der Waals surface area contributed by atoms with Crippen LogP contribution in [0.15, 0.2) is 18.2 Å². The minimum Gasteiger partial charge on any atom is -0.312 e. The molecular weight excluding hydrogens is 459 g/mol. The summed E-state index contributed by atoms with van der Waals surface area (Å²) in [6, 6.07) is 4.69. The van der Waals surface area contributed by atoms with Gasteiger partial charge >= 0.3 is 0 Å². The van der Waals surface area contributed by atoms with Gasteiger partial charge in [-0.1, -0.05) is 41.5 Å². The SMILES string of the molecule is CC(C)(C)c1cc(C(F)F)c(F)c2c1CNCC2.CC(C)(C)c1cc(C(F)F)cc2c1CNCC2. The number of hydrogen-bond acceptors (Lipinski definition) is 2. The molecule has 194 valence electrons. The molecular formula is C28H37F5N2. The van der Waals surface area contributed by atoms with Crippen molar-refractivity contribution in [1.82, 2.24) is 10.6 Å². The van der Waals surface area contributed by atoms with Crippen LogP contribution >= 0.6 is 0 Å². The first-order valence-corrected chi connectivity index (χ1v) is 12.2. The third-order valence-electron chi connectivity index (χ3n) is 6.70. The van der Waals surface area contributed by atoms with Gasteiger partial charge in [-0.05, 0) is 88.3 Å². The van der Waals surface area contributed by atoms with E-state index in [2.05, 4.69) is 31.4 Å². The van der Waals surface area contributed by atoms with Gasteiger partial charge in [0.2, 0.25) is 0 Å². The van der Waals surface area contributed by atoms with Crippen LogP contribution in [-0.2, 0) is 36.8 Å². The summed E-state index contributed by atoms with van der Waals surface area (Å²) in [4.78, 5) is 0. The molecule has 7 heteroatoms. The zero-order chi connectivity index (χ0) is 26.1. The van der Waals surface area contributed by atoms with Crippen molar-refractivity contribution in [3.05, 3.63) is 68.5 Å². The van der Waals surface area contributed by atoms with E-state index in [1.165, 1.54) is 11.6 Å². The minimum absolute atomic E-state index is 0.0893. The van der Waals surface area contributed by atoms with E-state index in [9.17, 15) is 22.0 Å². The number of rotatable bonds is 2. The third kappa shape index (κ3) is 6.23. The van der Waals surface area contributed by atoms with Gasteiger partial charge in [-0.15, -0.1) is 0 Å². The second-order valence-electron chi connectivity index (χ2n) is 11.4. The van der Waals surface area contributed by atoms with Crippen molar-refractivity contribution in [3.63, 3.8) is 0 Å². The van der Waals surface area contributed by atoms with Crippen molar-refractivity contribution in [2.75, 3.05) is 13.1 Å². The van der Waals surface area contributed by atoms with Gasteiger partial charge in [0, 0.05) is 18.7 Å². The van der Waals surface area contributed by atoms with Crippen LogP contribution in [0.2, 0.25) is 0 Å². The van der Waals surface area contributed by atoms with Crippen molar-refractivity contribution in [2.24, 2.45) is 0 Å². The number of halogens is 5. The number of benzene rings is 2. The van der Waals surface area contributed by atoms with E-state index in [0.29, 0.717) is 25.1 Å². The summed E-state index contributed by atoms with van der Waals surface area (Å²) in [6.45, 7) is 15.0. The Bertz CT molecular complexity index is 1050. The van der Waals surface area contributed by atoms with Crippen LogP contribution in [0.1, 0.15) is 98.9 Å². The van der Waals surface area contributed by atoms with Crippen molar-refractivity contribution in [2.45, 2.75) is 91.2 Å². The molecule has 2 aliphatic rings. The van der Waals surface area contributed by atoms with Gasteiger partial charge < -0.3 is 10.6 Å². The predicted octanol–water partition coefficient (Wildman–Crippen LogP) is 7.27. The Labute approximate surface area is 205 Å². The predicted molar refractivity (Wildman–Crippen MR) is 131 cm³/mol. The van der Waals surface area contributed by atoms with Crippen LogP contribution in [0.25, 0.3) is 0 Å². The molecule has 0 spiro atoms. The molecule has 0 saturated carbocycles. The molecule has 0 radical (unpaired) electrons. The van der Waals surface area contributed by atoms with E-state index in [1.54, 1.807) is 12.1 Å². The smallest absolute Gasteiger partial charge is 0.266 e. The Morgan fingerprint density at radius 1 is 0.686 bits per heavy atom. The van der Waals surface area contributed by atoms with E-state index in [4.69, 9.17) is 0 Å². The zero-order valence-corrected chi connectivity index (χ0v) is 21.5. The summed E-state index contributed by atoms with van der Waals surface area (Å²) < 4.78 is 65.7. The fraction of sp³-hybridized carbons (Fsp3) is 0.571. The molecule has 0 aromatic heterocycles. The average Bonchev–Trinajstić information content (AvgIpc) is 2.77. The highest BCUT2D eigenvalue weighted by Gasteiger charge is 2.29. The number of alkyl halides is 4. The second-order valence-corrected chi connectivity index (χ2v) is 11.4. The first-order valence-electron chi connectivity index (χ1n) is 12.2. The average molecular weight is 497 g/mol. The van der Waals surface area contributed by atoms with Crippen LogP contribution < -0.4 is 10.6 Å². The van der Waals surface area contributed by atoms with Gasteiger partial charge in [-0.2, -0.15) is 0 Å². The number of hydrogen-bond donors (Lipinski definition) is 2. The lowest BCUT2D eigenvalue weighted by Crippen LogP contribution is -2.29. The summed E-state index contributed by atoms with van der Waals surface area (Å²) in [5, 5.41) is 6.49. The molecule has 0 amide bonds. The molecule has 0 aliphatic carbocycles. The quantitative estimate of drug-likeness (QED) is 0.427. The Hall–Kier alpha value is -1.99. The van der Waals surface area contributed by atoms with E-state index < -0.39 is 24.2 Å². The molecule has 2 aliphatic heterocycles. The van der Waals surface area contributed by atoms with Crippen molar-refractivity contribution < 1.29 is 22.0 Å². The van der Waals surface area contributed by atoms with Gasteiger partial charge in [0.15, 0.2) is 0 Å². The Morgan fingerprint density at radius 3 is 1.77 bits per heavy atom. The lowest BCUT2D eigenvalue weighted by molar-refractivity contribution is 0.145. The molecule has 35 heavy (non-hydrogen) atoms. The van der Waals surface area contributed by atoms with E-state index in [0.717, 1.165) is 41.8 Å². The molecule has 0 atom stereocenters. The summed E-state index contributed by atoms with van der Waals surface area (Å²) in [5.41, 5.74) is 4.86. The van der Waals surface area contributed by atoms with Gasteiger partial charge in [0.1, 0.15) is 5.82 Å². The van der Waals surface area contributed by atoms with Crippen molar-refractivity contribution >= 4 is 0 Å². The standard InChI is InChI=1S/C14H18F3N.C14H19F2N/c1-14(2,3)11-6-9(13(16)17)12(15)8-4-5-18-7-10(8)11;1-14(2,3)12-7-10(13(15)16)6-9-4-5-17-8-11(9)12/h6,13,18H,4-5,7H2,1-3H3;6-7,13,17H,4-5,8H2,1-3H3. The molecule has 0 fully saturated rings. The summed E-state index contributed by atoms with van der Waals surface area (Å²) in [5.74, 6) is -0.713. The Morgan fingerprint density at radius 2 is 1.23 bits per heavy atom. The lowest BCUT2D eigenvalue weighted by Gasteiger charge is -2.29. The van der Waals surface area contributed by atoms with Gasteiger partial charge in [0.05, 0.1) is 5.56 Å². The molecule has 2 N–H and O–H groups in total. The maximum atomic E-state index is 14.1. The zero-order valence-electron chi connectivity index (χ0n) is 21.5. The fourth-order valence-corrected chi connectivity index (χ4v) is 4.91. The maximum Gasteiger partial charge on any atom is 0.266 e. The number of nitrogens with one attached hydrogen (secondary N) is 2. The third-order valence-corrected chi connectivity index (χ3v) is 6.70. The Balaban J connectivity index is 0.000000196. The second kappa shape index (κ2) is 10.6. The van der Waals surface area contributed by atoms with Gasteiger partial charge in [-0.25, -0.2) is 22.0 Å². The fourth-order valence-electron chi connectivity index (χ4n) is 4.91. The lowest BCUT2D eigenvalue weighted by atomic mass is 9.79. The molecule has 2 aromatic rings. The molecule has 2 heterocycles. The molecule has 0 bridgehead atoms. The van der Waals surface area contributed by atoms with Gasteiger partial charge in [0.25, 0.3) is 12.9 Å². The van der Waals surface area contributed by atoms with Crippen molar-refractivity contribution in [1.29, 1.82) is 0 Å². The van der Waals surface area contributed by atoms with Crippen LogP contribution in [0, 0.1) is 5.82 Å². The summed E-state index contributed by atoms with van der Waals surface area (Å²) in [7, 11) is 0. The maximum absolute atomic E-state index is 14.1. The van der Waals surface area contributed by atoms with Crippen LogP contribution in [0.5, 0.6) is 0 Å². The van der Waals surface area contributed by atoms with E-state index >= 15 is 0 Å². The van der Waals surface area contributed by atoms with E-state index in [-0.39, 0.29) is 16.4 Å². The summed E-state index contributed by atoms with van der Waals surface area (Å²) in [6.07, 6.45) is -3.81. The highest BCUT2D eigenvalue weighted by molar-refractivity contribution is 5.46. The normalized spacial score (nSPS) is 16.0. The molecule has 0 saturated heterocycles. The van der Waals surface area contributed by atoms with E-state index in [1.807, 2.05) is 20.8 Å². The molecule has 0 unspecified atom stereocenters. The minimum atomic E-state index is -2.76. The Kier molecular flexibility index (Phi) is 8.32. The van der Waals surface area contributed by atoms with Crippen LogP contribution in [0.3, 0.4) is 0 Å². The van der Waals surface area contributed by atoms with Crippen LogP contribution in [-0.4, -0.2) is 13.1 Å². The number of fused-ring (bicyclic) bond motifs is 2. The highest BCUT2D eigenvalue weighted by Crippen LogP contribution is 2.36. The summed E-state index contributed by atoms with van der Waals surface area (Å²) >= 11 is 0. The van der Waals surface area contributed by atoms with Gasteiger partial charge in [-0.3, -0.25) is 0 Å². The monoisotopic (exact) mass is 496 g/mol.